The van der Waals surface area contributed by atoms with Crippen LogP contribution in [-0.4, -0.2) is 49.4 Å². The molecule has 9 heteroatoms. The van der Waals surface area contributed by atoms with Crippen molar-refractivity contribution >= 4 is 34.1 Å². The van der Waals surface area contributed by atoms with Crippen molar-refractivity contribution in [3.63, 3.8) is 0 Å². The van der Waals surface area contributed by atoms with Crippen LogP contribution in [-0.2, 0) is 10.4 Å². The lowest BCUT2D eigenvalue weighted by molar-refractivity contribution is -0.143. The van der Waals surface area contributed by atoms with Crippen molar-refractivity contribution in [2.75, 3.05) is 19.3 Å². The minimum absolute atomic E-state index is 0.144. The van der Waals surface area contributed by atoms with Crippen molar-refractivity contribution in [3.05, 3.63) is 53.8 Å². The molecule has 0 aliphatic carbocycles. The van der Waals surface area contributed by atoms with E-state index in [0.29, 0.717) is 40.4 Å². The molecule has 0 radical (unpaired) electrons. The summed E-state index contributed by atoms with van der Waals surface area (Å²) in [6.45, 7) is 0.500. The van der Waals surface area contributed by atoms with Crippen molar-refractivity contribution in [1.82, 2.24) is 24.8 Å². The zero-order valence-electron chi connectivity index (χ0n) is 17.0. The van der Waals surface area contributed by atoms with Gasteiger partial charge in [0.15, 0.2) is 11.4 Å². The Morgan fingerprint density at radius 2 is 2.07 bits per heavy atom. The lowest BCUT2D eigenvalue weighted by atomic mass is 9.99. The van der Waals surface area contributed by atoms with Gasteiger partial charge in [-0.15, -0.1) is 11.3 Å². The molecular weight excluding hydrogens is 400 g/mol. The van der Waals surface area contributed by atoms with Gasteiger partial charge < -0.3 is 15.7 Å². The Balaban J connectivity index is 1.51. The number of fused-ring (bicyclic) bond motifs is 1. The number of pyridine rings is 1. The number of likely N-dealkylation sites (N-methyl/N-ethyl adjacent to an activating group) is 1. The highest BCUT2D eigenvalue weighted by Crippen LogP contribution is 2.36. The average Bonchev–Trinajstić information content (AvgIpc) is 3.36. The van der Waals surface area contributed by atoms with Crippen LogP contribution >= 0.6 is 11.3 Å². The first-order chi connectivity index (χ1) is 14.8. The van der Waals surface area contributed by atoms with E-state index >= 15 is 0 Å². The van der Waals surface area contributed by atoms with E-state index in [-0.39, 0.29) is 18.0 Å². The molecule has 0 spiro atoms. The number of nitrogens with zero attached hydrogens (tertiary/aromatic N) is 5. The highest BCUT2D eigenvalue weighted by Gasteiger charge is 2.46. The molecule has 3 N–H and O–H groups in total. The number of hydrogen-bond acceptors (Lipinski definition) is 8. The average molecular weight is 419 g/mol. The van der Waals surface area contributed by atoms with E-state index in [1.807, 2.05) is 30.3 Å². The number of hydrogen-bond donors (Lipinski definition) is 2. The predicted octanol–water partition coefficient (Wildman–Crippen LogP) is 2.45. The number of anilines is 1. The van der Waals surface area contributed by atoms with Gasteiger partial charge in [0.2, 0.25) is 0 Å². The van der Waals surface area contributed by atoms with Gasteiger partial charge in [-0.1, -0.05) is 18.2 Å². The molecule has 1 unspecified atom stereocenters. The lowest BCUT2D eigenvalue weighted by Crippen LogP contribution is -2.36. The number of thiazole rings is 1. The first-order valence-corrected chi connectivity index (χ1v) is 10.2. The Morgan fingerprint density at radius 1 is 1.23 bits per heavy atom. The summed E-state index contributed by atoms with van der Waals surface area (Å²) < 4.78 is 7.58. The van der Waals surface area contributed by atoms with Crippen molar-refractivity contribution in [2.45, 2.75) is 12.0 Å². The van der Waals surface area contributed by atoms with Crippen molar-refractivity contribution < 1.29 is 11.3 Å². The summed E-state index contributed by atoms with van der Waals surface area (Å²) in [6, 6.07) is 11.3. The van der Waals surface area contributed by atoms with Gasteiger partial charge in [-0.05, 0) is 18.2 Å². The van der Waals surface area contributed by atoms with Gasteiger partial charge in [0.05, 0.1) is 16.9 Å². The summed E-state index contributed by atoms with van der Waals surface area (Å²) in [4.78, 5) is 30.9. The number of carbonyl (C=O) groups is 1. The maximum absolute atomic E-state index is 12.4. The van der Waals surface area contributed by atoms with E-state index in [9.17, 15) is 9.90 Å². The molecule has 1 fully saturated rings. The van der Waals surface area contributed by atoms with Crippen LogP contribution in [0, 0.1) is 0 Å². The van der Waals surface area contributed by atoms with Gasteiger partial charge >= 0.3 is 0 Å². The van der Waals surface area contributed by atoms with E-state index < -0.39 is 5.60 Å². The van der Waals surface area contributed by atoms with Crippen LogP contribution in [0.3, 0.4) is 0 Å². The number of nitrogens with two attached hydrogens (primary N) is 1. The third-order valence-corrected chi connectivity index (χ3v) is 6.19. The van der Waals surface area contributed by atoms with Crippen LogP contribution < -0.4 is 5.73 Å². The highest BCUT2D eigenvalue weighted by atomic mass is 32.1. The zero-order valence-corrected chi connectivity index (χ0v) is 16.8. The molecule has 8 nitrogen and oxygen atoms in total. The number of amides is 1. The molecule has 5 rings (SSSR count). The van der Waals surface area contributed by atoms with Crippen LogP contribution in [0.25, 0.3) is 32.9 Å². The van der Waals surface area contributed by atoms with E-state index in [1.165, 1.54) is 16.2 Å². The fourth-order valence-corrected chi connectivity index (χ4v) is 4.46. The number of likely N-dealkylation sites (tertiary alicyclic amines) is 1. The fraction of sp³-hybridized carbons (Fsp3) is 0.190. The number of benzene rings is 1. The molecule has 1 aliphatic rings. The van der Waals surface area contributed by atoms with E-state index in [2.05, 4.69) is 19.9 Å². The normalized spacial score (nSPS) is 19.5. The summed E-state index contributed by atoms with van der Waals surface area (Å²) in [6.07, 6.45) is 0.186. The highest BCUT2D eigenvalue weighted by molar-refractivity contribution is 7.13. The number of nitrogen functional groups attached to an aromatic ring is 1. The van der Waals surface area contributed by atoms with E-state index in [1.54, 1.807) is 18.5 Å². The van der Waals surface area contributed by atoms with Gasteiger partial charge in [0.25, 0.3) is 5.91 Å². The Labute approximate surface area is 177 Å². The smallest absolute Gasteiger partial charge is 0.260 e. The van der Waals surface area contributed by atoms with Gasteiger partial charge in [-0.25, -0.2) is 19.9 Å². The van der Waals surface area contributed by atoms with E-state index in [0.717, 1.165) is 11.1 Å². The topological polar surface area (TPSA) is 118 Å². The molecule has 30 heavy (non-hydrogen) atoms. The molecule has 150 valence electrons. The Hall–Kier alpha value is -3.43. The van der Waals surface area contributed by atoms with Gasteiger partial charge in [0, 0.05) is 36.5 Å². The summed E-state index contributed by atoms with van der Waals surface area (Å²) >= 11 is 1.38. The molecular formula is C21H18N6O2S. The molecule has 3 aromatic heterocycles. The standard InChI is InChI=1S/C21H18N6O2S/c1-27-8-7-21(29,20(27)28)16-10-30-19(26-16)13-4-2-3-12(9-13)14-5-6-15-17(25-14)18(22)24-11-23-15/h2-6,9-11,29H,7-8H2,1H3,(H2,22,23,24)/i11D. The van der Waals surface area contributed by atoms with Crippen LogP contribution in [0.1, 0.15) is 13.5 Å². The first kappa shape index (κ1) is 17.4. The Bertz CT molecular complexity index is 1340. The first-order valence-electron chi connectivity index (χ1n) is 9.81. The number of carbonyl (C=O) groups excluding carboxylic acids is 1. The van der Waals surface area contributed by atoms with Crippen LogP contribution in [0.15, 0.2) is 48.1 Å². The minimum Gasteiger partial charge on any atom is -0.382 e. The van der Waals surface area contributed by atoms with E-state index in [4.69, 9.17) is 7.10 Å². The third kappa shape index (κ3) is 2.90. The maximum Gasteiger partial charge on any atom is 0.260 e. The fourth-order valence-electron chi connectivity index (χ4n) is 3.58. The molecule has 1 saturated heterocycles. The van der Waals surface area contributed by atoms with Crippen LogP contribution in [0.4, 0.5) is 5.82 Å². The molecule has 1 amide bonds. The van der Waals surface area contributed by atoms with Crippen molar-refractivity contribution in [2.24, 2.45) is 0 Å². The quantitative estimate of drug-likeness (QED) is 0.524. The lowest BCUT2D eigenvalue weighted by Gasteiger charge is -2.18. The number of aromatic nitrogens is 4. The molecule has 0 saturated carbocycles. The second kappa shape index (κ2) is 6.82. The summed E-state index contributed by atoms with van der Waals surface area (Å²) in [5.74, 6) is -0.161. The van der Waals surface area contributed by atoms with Crippen LogP contribution in [0.2, 0.25) is 0 Å². The monoisotopic (exact) mass is 419 g/mol. The van der Waals surface area contributed by atoms with Gasteiger partial charge in [-0.3, -0.25) is 4.79 Å². The van der Waals surface area contributed by atoms with Crippen molar-refractivity contribution in [3.8, 4) is 21.8 Å². The Morgan fingerprint density at radius 3 is 2.87 bits per heavy atom. The van der Waals surface area contributed by atoms with Gasteiger partial charge in [-0.2, -0.15) is 0 Å². The molecule has 1 aliphatic heterocycles. The largest absolute Gasteiger partial charge is 0.382 e. The second-order valence-corrected chi connectivity index (χ2v) is 8.09. The van der Waals surface area contributed by atoms with Crippen LogP contribution in [0.5, 0.6) is 0 Å². The Kier molecular flexibility index (Phi) is 3.96. The summed E-state index contributed by atoms with van der Waals surface area (Å²) in [5, 5.41) is 13.3. The SMILES string of the molecule is [2H]c1nc(N)c2nc(-c3cccc(-c4nc(C5(O)CCN(C)C5=O)cs4)c3)ccc2n1. The van der Waals surface area contributed by atoms with Crippen molar-refractivity contribution in [1.29, 1.82) is 0 Å². The molecule has 4 heterocycles. The number of aliphatic hydroxyl groups is 1. The molecule has 4 aromatic rings. The maximum atomic E-state index is 12.4. The number of rotatable bonds is 3. The second-order valence-electron chi connectivity index (χ2n) is 7.23. The predicted molar refractivity (Wildman–Crippen MR) is 114 cm³/mol. The minimum atomic E-state index is -1.56. The summed E-state index contributed by atoms with van der Waals surface area (Å²) in [5.41, 5.74) is 8.09. The molecule has 0 bridgehead atoms. The third-order valence-electron chi connectivity index (χ3n) is 5.30. The molecule has 1 atom stereocenters. The molecule has 1 aromatic carbocycles. The van der Waals surface area contributed by atoms with Gasteiger partial charge in [0.1, 0.15) is 18.2 Å². The summed E-state index contributed by atoms with van der Waals surface area (Å²) in [7, 11) is 1.68. The zero-order chi connectivity index (χ0) is 21.8.